The van der Waals surface area contributed by atoms with Crippen LogP contribution in [-0.2, 0) is 10.2 Å². The van der Waals surface area contributed by atoms with Gasteiger partial charge in [0.2, 0.25) is 0 Å². The number of likely N-dealkylation sites (N-methyl/N-ethyl adjacent to an activating group) is 1. The lowest BCUT2D eigenvalue weighted by Gasteiger charge is -2.34. The minimum Gasteiger partial charge on any atom is -0.481 e. The molecule has 2 fully saturated rings. The van der Waals surface area contributed by atoms with E-state index in [0.717, 1.165) is 26.2 Å². The highest BCUT2D eigenvalue weighted by atomic mass is 19.1. The monoisotopic (exact) mass is 278 g/mol. The van der Waals surface area contributed by atoms with Gasteiger partial charge in [-0.15, -0.1) is 0 Å². The molecule has 5 heteroatoms. The maximum Gasteiger partial charge on any atom is 0.314 e. The average Bonchev–Trinajstić information content (AvgIpc) is 3.21. The number of aliphatic carboxylic acids is 1. The maximum atomic E-state index is 14.3. The number of hydrogen-bond acceptors (Lipinski definition) is 3. The first-order valence-electron chi connectivity index (χ1n) is 7.00. The van der Waals surface area contributed by atoms with Crippen LogP contribution in [0.3, 0.4) is 0 Å². The van der Waals surface area contributed by atoms with Gasteiger partial charge in [0.15, 0.2) is 0 Å². The summed E-state index contributed by atoms with van der Waals surface area (Å²) in [5.74, 6) is -1.15. The lowest BCUT2D eigenvalue weighted by Crippen LogP contribution is -2.44. The summed E-state index contributed by atoms with van der Waals surface area (Å²) in [6.07, 6.45) is 1.21. The van der Waals surface area contributed by atoms with Gasteiger partial charge in [0, 0.05) is 26.2 Å². The first kappa shape index (κ1) is 13.4. The van der Waals surface area contributed by atoms with Crippen LogP contribution < -0.4 is 4.90 Å². The van der Waals surface area contributed by atoms with Crippen LogP contribution in [0.5, 0.6) is 0 Å². The molecule has 0 amide bonds. The number of benzene rings is 1. The van der Waals surface area contributed by atoms with Gasteiger partial charge in [-0.1, -0.05) is 6.07 Å². The van der Waals surface area contributed by atoms with Gasteiger partial charge in [-0.3, -0.25) is 4.79 Å². The summed E-state index contributed by atoms with van der Waals surface area (Å²) < 4.78 is 14.3. The van der Waals surface area contributed by atoms with E-state index in [1.165, 1.54) is 6.07 Å². The van der Waals surface area contributed by atoms with E-state index in [0.29, 0.717) is 24.1 Å². The van der Waals surface area contributed by atoms with Crippen molar-refractivity contribution in [2.75, 3.05) is 38.1 Å². The van der Waals surface area contributed by atoms with Gasteiger partial charge in [-0.2, -0.15) is 0 Å². The largest absolute Gasteiger partial charge is 0.481 e. The predicted molar refractivity (Wildman–Crippen MR) is 74.7 cm³/mol. The highest BCUT2D eigenvalue weighted by Gasteiger charge is 2.52. The molecule has 0 aromatic heterocycles. The Bertz CT molecular complexity index is 535. The smallest absolute Gasteiger partial charge is 0.314 e. The van der Waals surface area contributed by atoms with Gasteiger partial charge >= 0.3 is 5.97 Å². The number of carbonyl (C=O) groups is 1. The molecule has 0 unspecified atom stereocenters. The molecule has 20 heavy (non-hydrogen) atoms. The number of carboxylic acid groups (broad SMARTS) is 1. The fourth-order valence-electron chi connectivity index (χ4n) is 2.86. The van der Waals surface area contributed by atoms with Crippen molar-refractivity contribution < 1.29 is 14.3 Å². The molecule has 2 aliphatic rings. The van der Waals surface area contributed by atoms with E-state index in [1.807, 2.05) is 4.90 Å². The Kier molecular flexibility index (Phi) is 3.17. The summed E-state index contributed by atoms with van der Waals surface area (Å²) in [6.45, 7) is 3.44. The third-order valence-electron chi connectivity index (χ3n) is 4.50. The van der Waals surface area contributed by atoms with Gasteiger partial charge in [0.05, 0.1) is 11.1 Å². The Morgan fingerprint density at radius 1 is 1.25 bits per heavy atom. The van der Waals surface area contributed by atoms with Gasteiger partial charge in [-0.05, 0) is 37.6 Å². The Hall–Kier alpha value is -1.62. The van der Waals surface area contributed by atoms with E-state index in [2.05, 4.69) is 11.9 Å². The van der Waals surface area contributed by atoms with Crippen molar-refractivity contribution in [3.8, 4) is 0 Å². The van der Waals surface area contributed by atoms with Crippen LogP contribution in [-0.4, -0.2) is 49.2 Å². The van der Waals surface area contributed by atoms with Crippen molar-refractivity contribution in [2.24, 2.45) is 0 Å². The van der Waals surface area contributed by atoms with E-state index < -0.39 is 11.4 Å². The summed E-state index contributed by atoms with van der Waals surface area (Å²) in [5.41, 5.74) is 0.352. The summed E-state index contributed by atoms with van der Waals surface area (Å²) in [5, 5.41) is 9.26. The molecule has 4 nitrogen and oxygen atoms in total. The van der Waals surface area contributed by atoms with Crippen LogP contribution in [0.1, 0.15) is 18.4 Å². The van der Waals surface area contributed by atoms with Crippen LogP contribution in [0, 0.1) is 5.82 Å². The minimum atomic E-state index is -0.843. The molecule has 0 radical (unpaired) electrons. The van der Waals surface area contributed by atoms with Crippen molar-refractivity contribution in [3.63, 3.8) is 0 Å². The van der Waals surface area contributed by atoms with Crippen molar-refractivity contribution in [1.82, 2.24) is 4.90 Å². The summed E-state index contributed by atoms with van der Waals surface area (Å²) >= 11 is 0. The molecular weight excluding hydrogens is 259 g/mol. The van der Waals surface area contributed by atoms with E-state index in [4.69, 9.17) is 0 Å². The Morgan fingerprint density at radius 3 is 2.40 bits per heavy atom. The van der Waals surface area contributed by atoms with Crippen molar-refractivity contribution in [1.29, 1.82) is 0 Å². The number of anilines is 1. The SMILES string of the molecule is CN1CCN(c2ccc(C3(C(=O)O)CC3)cc2F)CC1. The number of nitrogens with zero attached hydrogens (tertiary/aromatic N) is 2. The lowest BCUT2D eigenvalue weighted by molar-refractivity contribution is -0.140. The normalized spacial score (nSPS) is 21.8. The van der Waals surface area contributed by atoms with Crippen LogP contribution >= 0.6 is 0 Å². The van der Waals surface area contributed by atoms with Gasteiger partial charge in [0.25, 0.3) is 0 Å². The van der Waals surface area contributed by atoms with Gasteiger partial charge in [-0.25, -0.2) is 4.39 Å². The summed E-state index contributed by atoms with van der Waals surface area (Å²) in [6, 6.07) is 4.92. The fourth-order valence-corrected chi connectivity index (χ4v) is 2.86. The Balaban J connectivity index is 1.83. The number of carboxylic acids is 1. The quantitative estimate of drug-likeness (QED) is 0.914. The topological polar surface area (TPSA) is 43.8 Å². The zero-order valence-corrected chi connectivity index (χ0v) is 11.6. The maximum absolute atomic E-state index is 14.3. The first-order chi connectivity index (χ1) is 9.53. The zero-order valence-electron chi connectivity index (χ0n) is 11.6. The lowest BCUT2D eigenvalue weighted by atomic mass is 9.95. The summed E-state index contributed by atoms with van der Waals surface area (Å²) in [7, 11) is 2.06. The Morgan fingerprint density at radius 2 is 1.90 bits per heavy atom. The minimum absolute atomic E-state index is 0.306. The second-order valence-electron chi connectivity index (χ2n) is 5.84. The van der Waals surface area contributed by atoms with Crippen molar-refractivity contribution in [2.45, 2.75) is 18.3 Å². The van der Waals surface area contributed by atoms with Crippen LogP contribution in [0.25, 0.3) is 0 Å². The first-order valence-corrected chi connectivity index (χ1v) is 7.00. The molecule has 1 aliphatic heterocycles. The van der Waals surface area contributed by atoms with Crippen molar-refractivity contribution in [3.05, 3.63) is 29.6 Å². The van der Waals surface area contributed by atoms with Crippen LogP contribution in [0.2, 0.25) is 0 Å². The third kappa shape index (κ3) is 2.16. The number of rotatable bonds is 3. The number of halogens is 1. The molecule has 1 saturated carbocycles. The van der Waals surface area contributed by atoms with Crippen LogP contribution in [0.4, 0.5) is 10.1 Å². The highest BCUT2D eigenvalue weighted by Crippen LogP contribution is 2.49. The highest BCUT2D eigenvalue weighted by molar-refractivity contribution is 5.85. The second kappa shape index (κ2) is 4.74. The molecule has 1 saturated heterocycles. The Labute approximate surface area is 117 Å². The molecule has 0 bridgehead atoms. The number of hydrogen-bond donors (Lipinski definition) is 1. The van der Waals surface area contributed by atoms with Crippen molar-refractivity contribution >= 4 is 11.7 Å². The predicted octanol–water partition coefficient (Wildman–Crippen LogP) is 1.69. The molecule has 1 aromatic carbocycles. The molecular formula is C15H19FN2O2. The zero-order chi connectivity index (χ0) is 14.3. The van der Waals surface area contributed by atoms with E-state index in [1.54, 1.807) is 12.1 Å². The van der Waals surface area contributed by atoms with Gasteiger partial charge < -0.3 is 14.9 Å². The van der Waals surface area contributed by atoms with E-state index in [9.17, 15) is 14.3 Å². The second-order valence-corrected chi connectivity index (χ2v) is 5.84. The molecule has 1 aliphatic carbocycles. The standard InChI is InChI=1S/C15H19FN2O2/c1-17-6-8-18(9-7-17)13-3-2-11(10-12(13)16)15(4-5-15)14(19)20/h2-3,10H,4-9H2,1H3,(H,19,20). The van der Waals surface area contributed by atoms with E-state index >= 15 is 0 Å². The fraction of sp³-hybridized carbons (Fsp3) is 0.533. The molecule has 0 spiro atoms. The average molecular weight is 278 g/mol. The summed E-state index contributed by atoms with van der Waals surface area (Å²) in [4.78, 5) is 15.5. The molecule has 1 heterocycles. The molecule has 3 rings (SSSR count). The number of piperazine rings is 1. The van der Waals surface area contributed by atoms with Crippen LogP contribution in [0.15, 0.2) is 18.2 Å². The molecule has 108 valence electrons. The molecule has 0 atom stereocenters. The van der Waals surface area contributed by atoms with E-state index in [-0.39, 0.29) is 5.82 Å². The molecule has 1 aromatic rings. The van der Waals surface area contributed by atoms with Gasteiger partial charge in [0.1, 0.15) is 5.82 Å². The third-order valence-corrected chi connectivity index (χ3v) is 4.50. The molecule has 1 N–H and O–H groups in total.